The summed E-state index contributed by atoms with van der Waals surface area (Å²) < 4.78 is 0. The van der Waals surface area contributed by atoms with E-state index in [1.807, 2.05) is 23.1 Å². The van der Waals surface area contributed by atoms with E-state index >= 15 is 0 Å². The fraction of sp³-hybridized carbons (Fsp3) is 0.333. The van der Waals surface area contributed by atoms with Crippen molar-refractivity contribution >= 4 is 11.6 Å². The van der Waals surface area contributed by atoms with Gasteiger partial charge in [-0.1, -0.05) is 36.4 Å². The first-order valence-electron chi connectivity index (χ1n) is 8.90. The normalized spacial score (nSPS) is 19.4. The Morgan fingerprint density at radius 1 is 1.08 bits per heavy atom. The molecule has 2 aromatic rings. The number of amides is 1. The lowest BCUT2D eigenvalue weighted by atomic mass is 9.95. The zero-order valence-electron chi connectivity index (χ0n) is 14.2. The average molecular weight is 331 g/mol. The Balaban J connectivity index is 1.60. The van der Waals surface area contributed by atoms with Crippen LogP contribution in [-0.4, -0.2) is 30.4 Å². The van der Waals surface area contributed by atoms with Crippen LogP contribution in [0, 0.1) is 17.4 Å². The second kappa shape index (κ2) is 6.60. The van der Waals surface area contributed by atoms with Crippen molar-refractivity contribution in [1.82, 2.24) is 4.90 Å². The minimum absolute atomic E-state index is 0.0561. The standard InChI is InChI=1S/C21H21N3O/c22-15-23-12-10-19(14-23)21(25)24-11-4-7-18-13-17(8-9-20(18)24)16-5-2-1-3-6-16/h1-3,5-6,8-9,13,19H,4,7,10-12,14H2. The zero-order chi connectivity index (χ0) is 17.2. The maximum Gasteiger partial charge on any atom is 0.231 e. The summed E-state index contributed by atoms with van der Waals surface area (Å²) in [6, 6.07) is 16.8. The lowest BCUT2D eigenvalue weighted by Crippen LogP contribution is -2.40. The third-order valence-electron chi connectivity index (χ3n) is 5.25. The van der Waals surface area contributed by atoms with Gasteiger partial charge in [0.2, 0.25) is 5.91 Å². The van der Waals surface area contributed by atoms with Gasteiger partial charge in [0.25, 0.3) is 0 Å². The number of aryl methyl sites for hydroxylation is 1. The fourth-order valence-electron chi connectivity index (χ4n) is 3.91. The van der Waals surface area contributed by atoms with Gasteiger partial charge < -0.3 is 9.80 Å². The molecule has 0 aromatic heterocycles. The second-order valence-electron chi connectivity index (χ2n) is 6.83. The molecule has 0 radical (unpaired) electrons. The smallest absolute Gasteiger partial charge is 0.231 e. The molecule has 2 aliphatic rings. The molecule has 4 nitrogen and oxygen atoms in total. The molecule has 0 bridgehead atoms. The van der Waals surface area contributed by atoms with Crippen molar-refractivity contribution in [2.75, 3.05) is 24.5 Å². The first-order valence-corrected chi connectivity index (χ1v) is 8.90. The minimum Gasteiger partial charge on any atom is -0.312 e. The summed E-state index contributed by atoms with van der Waals surface area (Å²) in [4.78, 5) is 16.6. The first kappa shape index (κ1) is 15.7. The van der Waals surface area contributed by atoms with Gasteiger partial charge in [-0.25, -0.2) is 0 Å². The lowest BCUT2D eigenvalue weighted by molar-refractivity contribution is -0.122. The molecule has 0 N–H and O–H groups in total. The van der Waals surface area contributed by atoms with Gasteiger partial charge in [0.1, 0.15) is 0 Å². The van der Waals surface area contributed by atoms with Crippen LogP contribution in [0.25, 0.3) is 11.1 Å². The summed E-state index contributed by atoms with van der Waals surface area (Å²) in [5.74, 6) is 0.116. The molecule has 1 amide bonds. The largest absolute Gasteiger partial charge is 0.312 e. The molecule has 25 heavy (non-hydrogen) atoms. The third kappa shape index (κ3) is 2.98. The number of fused-ring (bicyclic) bond motifs is 1. The molecular formula is C21H21N3O. The summed E-state index contributed by atoms with van der Waals surface area (Å²) in [5.41, 5.74) is 4.70. The number of carbonyl (C=O) groups is 1. The first-order chi connectivity index (χ1) is 12.3. The molecule has 2 aromatic carbocycles. The van der Waals surface area contributed by atoms with E-state index in [9.17, 15) is 4.79 Å². The van der Waals surface area contributed by atoms with Crippen molar-refractivity contribution < 1.29 is 4.79 Å². The van der Waals surface area contributed by atoms with Crippen LogP contribution >= 0.6 is 0 Å². The van der Waals surface area contributed by atoms with Gasteiger partial charge in [-0.2, -0.15) is 5.26 Å². The molecule has 1 saturated heterocycles. The highest BCUT2D eigenvalue weighted by molar-refractivity contribution is 5.97. The van der Waals surface area contributed by atoms with E-state index in [1.165, 1.54) is 16.7 Å². The van der Waals surface area contributed by atoms with Crippen LogP contribution in [0.15, 0.2) is 48.5 Å². The van der Waals surface area contributed by atoms with E-state index in [4.69, 9.17) is 5.26 Å². The lowest BCUT2D eigenvalue weighted by Gasteiger charge is -2.31. The van der Waals surface area contributed by atoms with Crippen LogP contribution in [0.1, 0.15) is 18.4 Å². The van der Waals surface area contributed by atoms with Crippen LogP contribution in [-0.2, 0) is 11.2 Å². The molecule has 0 aliphatic carbocycles. The van der Waals surface area contributed by atoms with Gasteiger partial charge in [0, 0.05) is 25.3 Å². The van der Waals surface area contributed by atoms with Crippen molar-refractivity contribution in [2.24, 2.45) is 5.92 Å². The molecule has 126 valence electrons. The molecule has 1 fully saturated rings. The number of benzene rings is 2. The number of likely N-dealkylation sites (tertiary alicyclic amines) is 1. The maximum absolute atomic E-state index is 13.0. The Labute approximate surface area is 148 Å². The number of anilines is 1. The summed E-state index contributed by atoms with van der Waals surface area (Å²) in [7, 11) is 0. The molecule has 4 rings (SSSR count). The van der Waals surface area contributed by atoms with E-state index in [1.54, 1.807) is 4.90 Å². The maximum atomic E-state index is 13.0. The Hall–Kier alpha value is -2.80. The Kier molecular flexibility index (Phi) is 4.15. The SMILES string of the molecule is N#CN1CCC(C(=O)N2CCCc3cc(-c4ccccc4)ccc32)C1. The number of carbonyl (C=O) groups excluding carboxylic acids is 1. The minimum atomic E-state index is -0.0561. The van der Waals surface area contributed by atoms with Crippen LogP contribution in [0.3, 0.4) is 0 Å². The van der Waals surface area contributed by atoms with E-state index in [0.717, 1.165) is 31.5 Å². The van der Waals surface area contributed by atoms with E-state index < -0.39 is 0 Å². The topological polar surface area (TPSA) is 47.3 Å². The summed E-state index contributed by atoms with van der Waals surface area (Å²) in [6.45, 7) is 2.03. The quantitative estimate of drug-likeness (QED) is 0.792. The molecule has 2 aliphatic heterocycles. The second-order valence-corrected chi connectivity index (χ2v) is 6.83. The Morgan fingerprint density at radius 2 is 1.92 bits per heavy atom. The van der Waals surface area contributed by atoms with Gasteiger partial charge in [0.05, 0.1) is 5.92 Å². The van der Waals surface area contributed by atoms with Crippen molar-refractivity contribution in [1.29, 1.82) is 5.26 Å². The summed E-state index contributed by atoms with van der Waals surface area (Å²) in [5, 5.41) is 9.02. The Morgan fingerprint density at radius 3 is 2.68 bits per heavy atom. The van der Waals surface area contributed by atoms with Crippen molar-refractivity contribution in [3.63, 3.8) is 0 Å². The highest BCUT2D eigenvalue weighted by Crippen LogP contribution is 2.33. The summed E-state index contributed by atoms with van der Waals surface area (Å²) >= 11 is 0. The summed E-state index contributed by atoms with van der Waals surface area (Å²) in [6.07, 6.45) is 4.94. The van der Waals surface area contributed by atoms with E-state index in [0.29, 0.717) is 13.1 Å². The van der Waals surface area contributed by atoms with E-state index in [-0.39, 0.29) is 11.8 Å². The van der Waals surface area contributed by atoms with Gasteiger partial charge in [0.15, 0.2) is 6.19 Å². The number of hydrogen-bond acceptors (Lipinski definition) is 3. The highest BCUT2D eigenvalue weighted by Gasteiger charge is 2.33. The van der Waals surface area contributed by atoms with Gasteiger partial charge in [-0.3, -0.25) is 4.79 Å². The Bertz CT molecular complexity index is 825. The number of hydrogen-bond donors (Lipinski definition) is 0. The van der Waals surface area contributed by atoms with Crippen molar-refractivity contribution in [3.05, 3.63) is 54.1 Å². The molecule has 4 heteroatoms. The average Bonchev–Trinajstić information content (AvgIpc) is 3.16. The predicted octanol–water partition coefficient (Wildman–Crippen LogP) is 3.44. The zero-order valence-corrected chi connectivity index (χ0v) is 14.2. The molecule has 2 heterocycles. The monoisotopic (exact) mass is 331 g/mol. The predicted molar refractivity (Wildman–Crippen MR) is 97.8 cm³/mol. The van der Waals surface area contributed by atoms with Crippen molar-refractivity contribution in [2.45, 2.75) is 19.3 Å². The highest BCUT2D eigenvalue weighted by atomic mass is 16.2. The molecule has 1 atom stereocenters. The number of nitrogens with zero attached hydrogens (tertiary/aromatic N) is 3. The number of rotatable bonds is 2. The third-order valence-corrected chi connectivity index (χ3v) is 5.25. The van der Waals surface area contributed by atoms with Gasteiger partial charge in [-0.15, -0.1) is 0 Å². The fourth-order valence-corrected chi connectivity index (χ4v) is 3.91. The van der Waals surface area contributed by atoms with Crippen LogP contribution < -0.4 is 4.90 Å². The molecular weight excluding hydrogens is 310 g/mol. The van der Waals surface area contributed by atoms with Gasteiger partial charge >= 0.3 is 0 Å². The molecule has 1 unspecified atom stereocenters. The van der Waals surface area contributed by atoms with E-state index in [2.05, 4.69) is 36.5 Å². The molecule has 0 spiro atoms. The van der Waals surface area contributed by atoms with Crippen LogP contribution in [0.5, 0.6) is 0 Å². The molecule has 0 saturated carbocycles. The van der Waals surface area contributed by atoms with Crippen LogP contribution in [0.2, 0.25) is 0 Å². The van der Waals surface area contributed by atoms with Gasteiger partial charge in [-0.05, 0) is 48.1 Å². The number of nitriles is 1. The van der Waals surface area contributed by atoms with Crippen LogP contribution in [0.4, 0.5) is 5.69 Å². The van der Waals surface area contributed by atoms with Crippen molar-refractivity contribution in [3.8, 4) is 17.3 Å².